The molecule has 1 aliphatic heterocycles. The third kappa shape index (κ3) is 3.36. The van der Waals surface area contributed by atoms with Gasteiger partial charge in [0.25, 0.3) is 5.91 Å². The maximum atomic E-state index is 12.6. The molecule has 7 heteroatoms. The predicted octanol–water partition coefficient (Wildman–Crippen LogP) is 4.45. The molecule has 0 saturated carbocycles. The number of nitrogens with zero attached hydrogens (tertiary/aromatic N) is 1. The van der Waals surface area contributed by atoms with Crippen molar-refractivity contribution in [2.75, 3.05) is 11.9 Å². The van der Waals surface area contributed by atoms with Crippen LogP contribution >= 0.6 is 11.3 Å². The van der Waals surface area contributed by atoms with Gasteiger partial charge in [-0.2, -0.15) is 0 Å². The van der Waals surface area contributed by atoms with Gasteiger partial charge in [-0.1, -0.05) is 24.3 Å². The number of aromatic nitrogens is 1. The monoisotopic (exact) mass is 404 g/mol. The summed E-state index contributed by atoms with van der Waals surface area (Å²) in [5.74, 6) is 0.863. The Labute approximate surface area is 170 Å². The third-order valence-corrected chi connectivity index (χ3v) is 5.66. The summed E-state index contributed by atoms with van der Waals surface area (Å²) in [6, 6.07) is 20.0. The maximum Gasteiger partial charge on any atom is 0.269 e. The fourth-order valence-corrected chi connectivity index (χ4v) is 4.15. The second-order valence-electron chi connectivity index (χ2n) is 6.57. The number of fused-ring (bicyclic) bond motifs is 2. The van der Waals surface area contributed by atoms with Crippen molar-refractivity contribution in [3.05, 3.63) is 66.7 Å². The van der Waals surface area contributed by atoms with Crippen LogP contribution in [0.5, 0.6) is 17.2 Å². The van der Waals surface area contributed by atoms with E-state index in [-0.39, 0.29) is 18.3 Å². The molecule has 0 saturated heterocycles. The van der Waals surface area contributed by atoms with Crippen molar-refractivity contribution in [2.45, 2.75) is 6.10 Å². The largest absolute Gasteiger partial charge is 0.507 e. The van der Waals surface area contributed by atoms with Crippen LogP contribution in [0.15, 0.2) is 66.7 Å². The summed E-state index contributed by atoms with van der Waals surface area (Å²) < 4.78 is 12.3. The smallest absolute Gasteiger partial charge is 0.269 e. The van der Waals surface area contributed by atoms with E-state index in [1.807, 2.05) is 36.4 Å². The van der Waals surface area contributed by atoms with E-state index in [9.17, 15) is 9.90 Å². The van der Waals surface area contributed by atoms with Crippen molar-refractivity contribution in [1.82, 2.24) is 4.98 Å². The Morgan fingerprint density at radius 2 is 1.86 bits per heavy atom. The average molecular weight is 404 g/mol. The number of rotatable bonds is 3. The molecule has 0 radical (unpaired) electrons. The van der Waals surface area contributed by atoms with E-state index in [1.165, 1.54) is 17.4 Å². The van der Waals surface area contributed by atoms with Crippen LogP contribution in [0.4, 0.5) is 5.69 Å². The molecule has 0 spiro atoms. The Morgan fingerprint density at radius 3 is 2.69 bits per heavy atom. The molecular weight excluding hydrogens is 388 g/mol. The van der Waals surface area contributed by atoms with Gasteiger partial charge in [-0.15, -0.1) is 11.3 Å². The van der Waals surface area contributed by atoms with Crippen molar-refractivity contribution in [3.63, 3.8) is 0 Å². The molecule has 5 rings (SSSR count). The van der Waals surface area contributed by atoms with Gasteiger partial charge < -0.3 is 19.9 Å². The lowest BCUT2D eigenvalue weighted by Gasteiger charge is -2.25. The van der Waals surface area contributed by atoms with Gasteiger partial charge in [0.05, 0.1) is 15.8 Å². The van der Waals surface area contributed by atoms with E-state index >= 15 is 0 Å². The van der Waals surface area contributed by atoms with Crippen molar-refractivity contribution in [2.24, 2.45) is 0 Å². The Bertz CT molecular complexity index is 1190. The van der Waals surface area contributed by atoms with Crippen LogP contribution in [-0.2, 0) is 4.79 Å². The quantitative estimate of drug-likeness (QED) is 0.527. The van der Waals surface area contributed by atoms with E-state index in [2.05, 4.69) is 10.3 Å². The zero-order valence-electron chi connectivity index (χ0n) is 15.2. The van der Waals surface area contributed by atoms with Gasteiger partial charge in [-0.3, -0.25) is 4.79 Å². The third-order valence-electron chi connectivity index (χ3n) is 4.59. The second kappa shape index (κ2) is 7.10. The number of carbonyl (C=O) groups is 1. The number of amides is 1. The van der Waals surface area contributed by atoms with Gasteiger partial charge in [-0.05, 0) is 36.4 Å². The minimum Gasteiger partial charge on any atom is -0.507 e. The highest BCUT2D eigenvalue weighted by atomic mass is 32.1. The first-order valence-corrected chi connectivity index (χ1v) is 9.87. The number of carbonyl (C=O) groups excluding carboxylic acids is 1. The number of anilines is 1. The summed E-state index contributed by atoms with van der Waals surface area (Å²) in [5, 5.41) is 14.0. The van der Waals surface area contributed by atoms with Crippen LogP contribution < -0.4 is 14.8 Å². The average Bonchev–Trinajstić information content (AvgIpc) is 3.17. The lowest BCUT2D eigenvalue weighted by molar-refractivity contribution is -0.125. The SMILES string of the molecule is O=C(Nc1ccc(-c2nc3ccccc3s2)c(O)c1)[C@@H]1COc2ccccc2O1. The predicted molar refractivity (Wildman–Crippen MR) is 112 cm³/mol. The van der Waals surface area contributed by atoms with E-state index in [0.29, 0.717) is 22.7 Å². The Morgan fingerprint density at radius 1 is 1.07 bits per heavy atom. The normalized spacial score (nSPS) is 15.2. The molecule has 144 valence electrons. The number of ether oxygens (including phenoxy) is 2. The van der Waals surface area contributed by atoms with Crippen LogP contribution in [0.1, 0.15) is 0 Å². The molecule has 0 bridgehead atoms. The Hall–Kier alpha value is -3.58. The van der Waals surface area contributed by atoms with Crippen molar-refractivity contribution >= 4 is 33.1 Å². The van der Waals surface area contributed by atoms with Crippen molar-refractivity contribution in [3.8, 4) is 27.8 Å². The minimum atomic E-state index is -0.768. The van der Waals surface area contributed by atoms with Crippen LogP contribution in [0.2, 0.25) is 0 Å². The van der Waals surface area contributed by atoms with Gasteiger partial charge in [-0.25, -0.2) is 4.98 Å². The fraction of sp³-hybridized carbons (Fsp3) is 0.0909. The number of phenols is 1. The highest BCUT2D eigenvalue weighted by Gasteiger charge is 2.27. The number of benzene rings is 3. The molecule has 29 heavy (non-hydrogen) atoms. The first kappa shape index (κ1) is 17.5. The van der Waals surface area contributed by atoms with E-state index in [4.69, 9.17) is 9.47 Å². The molecule has 3 aromatic carbocycles. The molecule has 1 aliphatic rings. The highest BCUT2D eigenvalue weighted by Crippen LogP contribution is 2.37. The minimum absolute atomic E-state index is 0.0491. The lowest BCUT2D eigenvalue weighted by atomic mass is 10.2. The maximum absolute atomic E-state index is 12.6. The zero-order valence-corrected chi connectivity index (χ0v) is 16.0. The standard InChI is InChI=1S/C22H16N2O4S/c25-16-11-13(9-10-14(16)22-24-15-5-1-4-8-20(15)29-22)23-21(26)19-12-27-17-6-2-3-7-18(17)28-19/h1-11,19,25H,12H2,(H,23,26)/t19-/m0/s1. The summed E-state index contributed by atoms with van der Waals surface area (Å²) in [6.45, 7) is 0.124. The molecule has 4 aromatic rings. The molecule has 1 aromatic heterocycles. The molecule has 0 unspecified atom stereocenters. The Balaban J connectivity index is 1.33. The molecule has 0 fully saturated rings. The van der Waals surface area contributed by atoms with Crippen LogP contribution in [0, 0.1) is 0 Å². The number of aromatic hydroxyl groups is 1. The molecule has 2 N–H and O–H groups in total. The molecule has 0 aliphatic carbocycles. The summed E-state index contributed by atoms with van der Waals surface area (Å²) in [4.78, 5) is 17.1. The molecule has 1 atom stereocenters. The number of thiazole rings is 1. The van der Waals surface area contributed by atoms with E-state index in [0.717, 1.165) is 15.2 Å². The summed E-state index contributed by atoms with van der Waals surface area (Å²) in [6.07, 6.45) is -0.768. The van der Waals surface area contributed by atoms with Crippen molar-refractivity contribution in [1.29, 1.82) is 0 Å². The van der Waals surface area contributed by atoms with E-state index < -0.39 is 6.10 Å². The number of nitrogens with one attached hydrogen (secondary N) is 1. The first-order chi connectivity index (χ1) is 14.2. The van der Waals surface area contributed by atoms with Crippen molar-refractivity contribution < 1.29 is 19.4 Å². The molecule has 6 nitrogen and oxygen atoms in total. The number of hydrogen-bond acceptors (Lipinski definition) is 6. The van der Waals surface area contributed by atoms with Crippen LogP contribution in [0.3, 0.4) is 0 Å². The van der Waals surface area contributed by atoms with E-state index in [1.54, 1.807) is 24.3 Å². The lowest BCUT2D eigenvalue weighted by Crippen LogP contribution is -2.40. The Kier molecular flexibility index (Phi) is 4.29. The molecular formula is C22H16N2O4S. The van der Waals surface area contributed by atoms with Gasteiger partial charge in [0.2, 0.25) is 6.10 Å². The summed E-state index contributed by atoms with van der Waals surface area (Å²) in [7, 11) is 0. The van der Waals surface area contributed by atoms with Crippen LogP contribution in [0.25, 0.3) is 20.8 Å². The van der Waals surface area contributed by atoms with Gasteiger partial charge in [0.1, 0.15) is 17.4 Å². The number of hydrogen-bond donors (Lipinski definition) is 2. The van der Waals surface area contributed by atoms with Gasteiger partial charge in [0.15, 0.2) is 11.5 Å². The number of para-hydroxylation sites is 3. The fourth-order valence-electron chi connectivity index (χ4n) is 3.15. The number of phenolic OH excluding ortho intramolecular Hbond substituents is 1. The highest BCUT2D eigenvalue weighted by molar-refractivity contribution is 7.21. The zero-order chi connectivity index (χ0) is 19.8. The molecule has 2 heterocycles. The topological polar surface area (TPSA) is 80.7 Å². The van der Waals surface area contributed by atoms with Gasteiger partial charge >= 0.3 is 0 Å². The summed E-state index contributed by atoms with van der Waals surface area (Å²) in [5.41, 5.74) is 1.98. The van der Waals surface area contributed by atoms with Crippen LogP contribution in [-0.4, -0.2) is 28.7 Å². The summed E-state index contributed by atoms with van der Waals surface area (Å²) >= 11 is 1.51. The van der Waals surface area contributed by atoms with Gasteiger partial charge in [0, 0.05) is 11.8 Å². The second-order valence-corrected chi connectivity index (χ2v) is 7.60. The molecule has 1 amide bonds. The first-order valence-electron chi connectivity index (χ1n) is 9.06.